The molecule has 0 atom stereocenters. The molecule has 2 nitrogen and oxygen atoms in total. The third kappa shape index (κ3) is 1.39. The fraction of sp³-hybridized carbons (Fsp3) is 0.111. The van der Waals surface area contributed by atoms with Gasteiger partial charge in [-0.25, -0.2) is 4.98 Å². The van der Waals surface area contributed by atoms with E-state index in [2.05, 4.69) is 4.98 Å². The van der Waals surface area contributed by atoms with E-state index in [4.69, 9.17) is 16.9 Å². The number of aromatic nitrogens is 1. The number of fused-ring (bicyclic) bond motifs is 1. The van der Waals surface area contributed by atoms with Gasteiger partial charge in [0, 0.05) is 0 Å². The van der Waals surface area contributed by atoms with Crippen molar-refractivity contribution in [1.82, 2.24) is 4.98 Å². The normalized spacial score (nSPS) is 10.2. The van der Waals surface area contributed by atoms with Crippen LogP contribution < -0.4 is 0 Å². The van der Waals surface area contributed by atoms with Crippen LogP contribution in [0.4, 0.5) is 0 Å². The monoisotopic (exact) mass is 208 g/mol. The Bertz CT molecular complexity index is 510. The molecule has 0 fully saturated rings. The molecule has 2 rings (SSSR count). The van der Waals surface area contributed by atoms with Crippen molar-refractivity contribution in [2.45, 2.75) is 6.92 Å². The summed E-state index contributed by atoms with van der Waals surface area (Å²) in [4.78, 5) is 4.27. The van der Waals surface area contributed by atoms with E-state index in [0.717, 1.165) is 15.2 Å². The average molecular weight is 209 g/mol. The Morgan fingerprint density at radius 3 is 3.00 bits per heavy atom. The van der Waals surface area contributed by atoms with E-state index in [9.17, 15) is 0 Å². The molecule has 0 N–H and O–H groups in total. The number of thiazole rings is 1. The molecule has 64 valence electrons. The molecular formula is C9H5ClN2S. The van der Waals surface area contributed by atoms with Crippen LogP contribution in [0.15, 0.2) is 12.1 Å². The van der Waals surface area contributed by atoms with Crippen LogP contribution in [0.1, 0.15) is 10.6 Å². The number of aryl methyl sites for hydroxylation is 1. The molecule has 1 heterocycles. The summed E-state index contributed by atoms with van der Waals surface area (Å²) >= 11 is 7.52. The van der Waals surface area contributed by atoms with Crippen LogP contribution >= 0.6 is 22.9 Å². The molecule has 0 radical (unpaired) electrons. The molecule has 4 heteroatoms. The van der Waals surface area contributed by atoms with Gasteiger partial charge in [-0.05, 0) is 19.1 Å². The van der Waals surface area contributed by atoms with Crippen molar-refractivity contribution in [3.8, 4) is 6.07 Å². The number of nitriles is 1. The standard InChI is InChI=1S/C9H5ClN2S/c1-5-12-8-3-6(4-11)2-7(10)9(8)13-5/h2-3H,1H3. The summed E-state index contributed by atoms with van der Waals surface area (Å²) in [5.41, 5.74) is 1.37. The Kier molecular flexibility index (Phi) is 1.95. The van der Waals surface area contributed by atoms with E-state index in [1.165, 1.54) is 0 Å². The number of benzene rings is 1. The molecular weight excluding hydrogens is 204 g/mol. The summed E-state index contributed by atoms with van der Waals surface area (Å²) in [5.74, 6) is 0. The molecule has 0 aliphatic carbocycles. The minimum Gasteiger partial charge on any atom is -0.241 e. The highest BCUT2D eigenvalue weighted by Crippen LogP contribution is 2.29. The number of nitrogens with zero attached hydrogens (tertiary/aromatic N) is 2. The van der Waals surface area contributed by atoms with Gasteiger partial charge >= 0.3 is 0 Å². The van der Waals surface area contributed by atoms with Gasteiger partial charge in [-0.3, -0.25) is 0 Å². The zero-order valence-electron chi connectivity index (χ0n) is 6.84. The first-order valence-corrected chi connectivity index (χ1v) is 4.87. The minimum absolute atomic E-state index is 0.558. The highest BCUT2D eigenvalue weighted by Gasteiger charge is 2.06. The van der Waals surface area contributed by atoms with Gasteiger partial charge in [0.25, 0.3) is 0 Å². The summed E-state index contributed by atoms with van der Waals surface area (Å²) in [6.45, 7) is 1.92. The molecule has 1 aromatic carbocycles. The molecule has 1 aromatic heterocycles. The fourth-order valence-electron chi connectivity index (χ4n) is 1.17. The Morgan fingerprint density at radius 2 is 2.31 bits per heavy atom. The molecule has 0 aliphatic rings. The average Bonchev–Trinajstić information content (AvgIpc) is 2.46. The molecule has 0 spiro atoms. The molecule has 13 heavy (non-hydrogen) atoms. The van der Waals surface area contributed by atoms with E-state index in [-0.39, 0.29) is 0 Å². The second-order valence-electron chi connectivity index (χ2n) is 2.65. The van der Waals surface area contributed by atoms with Crippen LogP contribution in [0.5, 0.6) is 0 Å². The van der Waals surface area contributed by atoms with Gasteiger partial charge in [0.2, 0.25) is 0 Å². The molecule has 0 amide bonds. The lowest BCUT2D eigenvalue weighted by Crippen LogP contribution is -1.75. The highest BCUT2D eigenvalue weighted by molar-refractivity contribution is 7.19. The lowest BCUT2D eigenvalue weighted by atomic mass is 10.2. The Hall–Kier alpha value is -1.11. The van der Waals surface area contributed by atoms with Gasteiger partial charge in [0.15, 0.2) is 0 Å². The van der Waals surface area contributed by atoms with Gasteiger partial charge in [-0.15, -0.1) is 11.3 Å². The summed E-state index contributed by atoms with van der Waals surface area (Å²) in [7, 11) is 0. The maximum absolute atomic E-state index is 8.70. The Labute approximate surface area is 84.4 Å². The van der Waals surface area contributed by atoms with Crippen molar-refractivity contribution in [1.29, 1.82) is 5.26 Å². The third-order valence-electron chi connectivity index (χ3n) is 1.68. The van der Waals surface area contributed by atoms with Crippen LogP contribution in [0.2, 0.25) is 5.02 Å². The first-order valence-electron chi connectivity index (χ1n) is 3.67. The van der Waals surface area contributed by atoms with Crippen molar-refractivity contribution < 1.29 is 0 Å². The largest absolute Gasteiger partial charge is 0.241 e. The number of hydrogen-bond acceptors (Lipinski definition) is 3. The molecule has 0 saturated carbocycles. The van der Waals surface area contributed by atoms with Crippen LogP contribution in [0.25, 0.3) is 10.2 Å². The zero-order valence-corrected chi connectivity index (χ0v) is 8.41. The third-order valence-corrected chi connectivity index (χ3v) is 3.11. The van der Waals surface area contributed by atoms with Crippen molar-refractivity contribution in [2.24, 2.45) is 0 Å². The first kappa shape index (κ1) is 8.49. The van der Waals surface area contributed by atoms with Crippen molar-refractivity contribution >= 4 is 33.2 Å². The summed E-state index contributed by atoms with van der Waals surface area (Å²) in [5, 5.41) is 10.3. The molecule has 0 aliphatic heterocycles. The van der Waals surface area contributed by atoms with E-state index in [1.807, 2.05) is 13.0 Å². The van der Waals surface area contributed by atoms with Gasteiger partial charge in [0.1, 0.15) is 0 Å². The van der Waals surface area contributed by atoms with Crippen LogP contribution in [0, 0.1) is 18.3 Å². The summed E-state index contributed by atoms with van der Waals surface area (Å²) in [6.07, 6.45) is 0. The lowest BCUT2D eigenvalue weighted by molar-refractivity contribution is 1.34. The molecule has 0 bridgehead atoms. The predicted molar refractivity (Wildman–Crippen MR) is 54.1 cm³/mol. The maximum Gasteiger partial charge on any atom is 0.0992 e. The second-order valence-corrected chi connectivity index (χ2v) is 4.26. The summed E-state index contributed by atoms with van der Waals surface area (Å²) < 4.78 is 0.957. The van der Waals surface area contributed by atoms with E-state index < -0.39 is 0 Å². The van der Waals surface area contributed by atoms with Crippen molar-refractivity contribution in [2.75, 3.05) is 0 Å². The first-order chi connectivity index (χ1) is 6.20. The maximum atomic E-state index is 8.70. The smallest absolute Gasteiger partial charge is 0.0992 e. The van der Waals surface area contributed by atoms with Gasteiger partial charge in [-0.2, -0.15) is 5.26 Å². The van der Waals surface area contributed by atoms with Gasteiger partial charge in [-0.1, -0.05) is 11.6 Å². The second kappa shape index (κ2) is 2.99. The van der Waals surface area contributed by atoms with E-state index in [1.54, 1.807) is 23.5 Å². The van der Waals surface area contributed by atoms with Crippen LogP contribution in [-0.2, 0) is 0 Å². The number of hydrogen-bond donors (Lipinski definition) is 0. The van der Waals surface area contributed by atoms with Crippen LogP contribution in [0.3, 0.4) is 0 Å². The quantitative estimate of drug-likeness (QED) is 0.667. The molecule has 0 saturated heterocycles. The minimum atomic E-state index is 0.558. The van der Waals surface area contributed by atoms with Gasteiger partial charge in [0.05, 0.1) is 31.9 Å². The van der Waals surface area contributed by atoms with E-state index >= 15 is 0 Å². The summed E-state index contributed by atoms with van der Waals surface area (Å²) in [6, 6.07) is 5.47. The lowest BCUT2D eigenvalue weighted by Gasteiger charge is -1.92. The van der Waals surface area contributed by atoms with Crippen molar-refractivity contribution in [3.05, 3.63) is 27.7 Å². The number of rotatable bonds is 0. The zero-order chi connectivity index (χ0) is 9.42. The molecule has 0 unspecified atom stereocenters. The number of halogens is 1. The van der Waals surface area contributed by atoms with E-state index in [0.29, 0.717) is 10.6 Å². The highest BCUT2D eigenvalue weighted by atomic mass is 35.5. The fourth-order valence-corrected chi connectivity index (χ4v) is 2.30. The Balaban J connectivity index is 2.85. The van der Waals surface area contributed by atoms with Gasteiger partial charge < -0.3 is 0 Å². The topological polar surface area (TPSA) is 36.7 Å². The van der Waals surface area contributed by atoms with Crippen molar-refractivity contribution in [3.63, 3.8) is 0 Å². The predicted octanol–water partition coefficient (Wildman–Crippen LogP) is 3.13. The van der Waals surface area contributed by atoms with Crippen LogP contribution in [-0.4, -0.2) is 4.98 Å². The molecule has 2 aromatic rings. The SMILES string of the molecule is Cc1nc2cc(C#N)cc(Cl)c2s1. The Morgan fingerprint density at radius 1 is 1.54 bits per heavy atom.